The van der Waals surface area contributed by atoms with E-state index in [9.17, 15) is 19.2 Å². The van der Waals surface area contributed by atoms with Gasteiger partial charge in [0, 0.05) is 11.1 Å². The number of hydrogen-bond acceptors (Lipinski definition) is 6. The van der Waals surface area contributed by atoms with Gasteiger partial charge >= 0.3 is 0 Å². The van der Waals surface area contributed by atoms with Crippen LogP contribution in [0.2, 0.25) is 0 Å². The summed E-state index contributed by atoms with van der Waals surface area (Å²) in [4.78, 5) is 49.1. The lowest BCUT2D eigenvalue weighted by Gasteiger charge is -2.66. The molecule has 4 amide bonds. The third-order valence-corrected chi connectivity index (χ3v) is 8.33. The van der Waals surface area contributed by atoms with Crippen molar-refractivity contribution in [3.63, 3.8) is 0 Å². The van der Waals surface area contributed by atoms with E-state index >= 15 is 0 Å². The number of ether oxygens (including phenoxy) is 2. The van der Waals surface area contributed by atoms with Gasteiger partial charge in [0.25, 0.3) is 11.8 Å². The Labute approximate surface area is 192 Å². The van der Waals surface area contributed by atoms with Gasteiger partial charge in [0.05, 0.1) is 14.2 Å². The van der Waals surface area contributed by atoms with Gasteiger partial charge < -0.3 is 9.47 Å². The maximum Gasteiger partial charge on any atom is 0.250 e. The molecule has 3 fully saturated rings. The molecule has 0 unspecified atom stereocenters. The standard InChI is InChI=1S/C22H16Cl2N2O6/c1-31-13-9-5-3-7-11(13)19-15(27)25-17(29)21(19,23)20(12-8-4-6-10-14(12)32-2)16(28)26-18(30)22(19,20)24/h3-10H,1-2H3,(H,25,27,29)(H,26,28,30). The number of imide groups is 2. The van der Waals surface area contributed by atoms with Crippen LogP contribution < -0.4 is 20.1 Å². The summed E-state index contributed by atoms with van der Waals surface area (Å²) in [5, 5.41) is 4.43. The van der Waals surface area contributed by atoms with Crippen molar-refractivity contribution in [2.75, 3.05) is 14.2 Å². The van der Waals surface area contributed by atoms with Crippen molar-refractivity contribution in [2.24, 2.45) is 0 Å². The van der Waals surface area contributed by atoms with E-state index in [0.29, 0.717) is 0 Å². The van der Waals surface area contributed by atoms with Gasteiger partial charge in [-0.3, -0.25) is 29.8 Å². The van der Waals surface area contributed by atoms with E-state index in [0.717, 1.165) is 0 Å². The molecule has 0 radical (unpaired) electrons. The summed E-state index contributed by atoms with van der Waals surface area (Å²) in [6.45, 7) is 0. The summed E-state index contributed by atoms with van der Waals surface area (Å²) >= 11 is 14.2. The first-order valence-corrected chi connectivity index (χ1v) is 10.3. The lowest BCUT2D eigenvalue weighted by molar-refractivity contribution is -0.149. The van der Waals surface area contributed by atoms with Crippen LogP contribution in [0.3, 0.4) is 0 Å². The minimum absolute atomic E-state index is 0.117. The van der Waals surface area contributed by atoms with Crippen LogP contribution >= 0.6 is 23.2 Å². The minimum atomic E-state index is -2.29. The molecule has 2 aromatic rings. The molecule has 2 aliphatic heterocycles. The third-order valence-electron chi connectivity index (χ3n) is 6.85. The Balaban J connectivity index is 1.97. The van der Waals surface area contributed by atoms with Crippen LogP contribution in [0.25, 0.3) is 0 Å². The minimum Gasteiger partial charge on any atom is -0.496 e. The first kappa shape index (κ1) is 20.8. The Morgan fingerprint density at radius 1 is 0.625 bits per heavy atom. The second kappa shape index (κ2) is 6.24. The maximum absolute atomic E-state index is 13.5. The quantitative estimate of drug-likeness (QED) is 0.508. The second-order valence-corrected chi connectivity index (χ2v) is 8.92. The summed E-state index contributed by atoms with van der Waals surface area (Å²) in [6, 6.07) is 12.6. The lowest BCUT2D eigenvalue weighted by atomic mass is 9.35. The Morgan fingerprint density at radius 3 is 1.31 bits per heavy atom. The maximum atomic E-state index is 13.5. The van der Waals surface area contributed by atoms with Crippen LogP contribution in [-0.2, 0) is 30.0 Å². The highest BCUT2D eigenvalue weighted by Crippen LogP contribution is 2.79. The van der Waals surface area contributed by atoms with Gasteiger partial charge in [-0.2, -0.15) is 0 Å². The van der Waals surface area contributed by atoms with Gasteiger partial charge in [-0.25, -0.2) is 0 Å². The molecule has 2 heterocycles. The summed E-state index contributed by atoms with van der Waals surface area (Å²) in [6.07, 6.45) is 0. The average molecular weight is 475 g/mol. The highest BCUT2D eigenvalue weighted by atomic mass is 35.5. The molecule has 0 atom stereocenters. The second-order valence-electron chi connectivity index (χ2n) is 7.78. The molecule has 164 valence electrons. The van der Waals surface area contributed by atoms with Crippen LogP contribution in [0, 0.1) is 0 Å². The number of carbonyl (C=O) groups excluding carboxylic acids is 4. The molecular formula is C22H16Cl2N2O6. The Hall–Kier alpha value is -3.10. The number of halogens is 2. The van der Waals surface area contributed by atoms with Crippen molar-refractivity contribution >= 4 is 46.8 Å². The monoisotopic (exact) mass is 474 g/mol. The van der Waals surface area contributed by atoms with Crippen LogP contribution in [0.15, 0.2) is 48.5 Å². The fraction of sp³-hybridized carbons (Fsp3) is 0.273. The van der Waals surface area contributed by atoms with Gasteiger partial charge in [0.1, 0.15) is 22.3 Å². The number of benzene rings is 2. The smallest absolute Gasteiger partial charge is 0.250 e. The van der Waals surface area contributed by atoms with E-state index in [1.807, 2.05) is 0 Å². The molecule has 8 nitrogen and oxygen atoms in total. The van der Waals surface area contributed by atoms with Gasteiger partial charge in [-0.1, -0.05) is 36.4 Å². The average Bonchev–Trinajstić information content (AvgIpc) is 3.09. The van der Waals surface area contributed by atoms with E-state index < -0.39 is 44.2 Å². The van der Waals surface area contributed by atoms with Crippen molar-refractivity contribution in [3.05, 3.63) is 59.7 Å². The van der Waals surface area contributed by atoms with Gasteiger partial charge in [0.15, 0.2) is 9.75 Å². The van der Waals surface area contributed by atoms with Crippen molar-refractivity contribution < 1.29 is 28.7 Å². The molecular weight excluding hydrogens is 459 g/mol. The van der Waals surface area contributed by atoms with Gasteiger partial charge in [-0.15, -0.1) is 23.2 Å². The van der Waals surface area contributed by atoms with Crippen LogP contribution in [-0.4, -0.2) is 47.6 Å². The van der Waals surface area contributed by atoms with Gasteiger partial charge in [-0.05, 0) is 12.1 Å². The number of rotatable bonds is 4. The predicted octanol–water partition coefficient (Wildman–Crippen LogP) is 1.16. The van der Waals surface area contributed by atoms with E-state index in [1.54, 1.807) is 36.4 Å². The summed E-state index contributed by atoms with van der Waals surface area (Å²) in [5.41, 5.74) is -4.06. The fourth-order valence-electron chi connectivity index (χ4n) is 5.74. The third kappa shape index (κ3) is 1.70. The number of methoxy groups -OCH3 is 2. The fourth-order valence-corrected chi connectivity index (χ4v) is 7.25. The molecule has 3 aliphatic rings. The molecule has 0 bridgehead atoms. The number of carbonyl (C=O) groups is 4. The molecule has 1 saturated carbocycles. The van der Waals surface area contributed by atoms with Crippen molar-refractivity contribution in [1.29, 1.82) is 0 Å². The van der Waals surface area contributed by atoms with E-state index in [-0.39, 0.29) is 22.6 Å². The van der Waals surface area contributed by atoms with Crippen LogP contribution in [0.1, 0.15) is 11.1 Å². The number of fused-ring (bicyclic) bond motifs is 4. The van der Waals surface area contributed by atoms with Crippen LogP contribution in [0.4, 0.5) is 0 Å². The van der Waals surface area contributed by atoms with E-state index in [2.05, 4.69) is 10.6 Å². The molecule has 0 aromatic heterocycles. The zero-order valence-corrected chi connectivity index (χ0v) is 18.3. The number of nitrogens with one attached hydrogen (secondary N) is 2. The molecule has 5 rings (SSSR count). The van der Waals surface area contributed by atoms with Crippen LogP contribution in [0.5, 0.6) is 11.5 Å². The molecule has 32 heavy (non-hydrogen) atoms. The van der Waals surface area contributed by atoms with Gasteiger partial charge in [0.2, 0.25) is 11.8 Å². The first-order valence-electron chi connectivity index (χ1n) is 9.57. The molecule has 2 aromatic carbocycles. The van der Waals surface area contributed by atoms with Crippen molar-refractivity contribution in [3.8, 4) is 11.5 Å². The highest BCUT2D eigenvalue weighted by molar-refractivity contribution is 6.59. The topological polar surface area (TPSA) is 111 Å². The SMILES string of the molecule is COc1ccccc1C12C(=O)NC(=O)C1(Cl)C1(c3ccccc3OC)C(=O)NC(=O)C21Cl. The Bertz CT molecular complexity index is 1140. The summed E-state index contributed by atoms with van der Waals surface area (Å²) in [5.74, 6) is -3.31. The van der Waals surface area contributed by atoms with Crippen molar-refractivity contribution in [2.45, 2.75) is 20.6 Å². The zero-order valence-electron chi connectivity index (χ0n) is 16.8. The first-order chi connectivity index (χ1) is 15.2. The van der Waals surface area contributed by atoms with E-state index in [1.165, 1.54) is 26.4 Å². The summed E-state index contributed by atoms with van der Waals surface area (Å²) in [7, 11) is 2.74. The molecule has 2 N–H and O–H groups in total. The summed E-state index contributed by atoms with van der Waals surface area (Å²) < 4.78 is 10.8. The molecule has 2 saturated heterocycles. The number of hydrogen-bond donors (Lipinski definition) is 2. The molecule has 1 aliphatic carbocycles. The molecule has 0 spiro atoms. The number of alkyl halides is 2. The normalized spacial score (nSPS) is 34.9. The Morgan fingerprint density at radius 2 is 0.969 bits per heavy atom. The van der Waals surface area contributed by atoms with Crippen molar-refractivity contribution in [1.82, 2.24) is 10.6 Å². The number of amides is 4. The zero-order chi connectivity index (χ0) is 23.1. The largest absolute Gasteiger partial charge is 0.496 e. The predicted molar refractivity (Wildman–Crippen MR) is 113 cm³/mol. The Kier molecular flexibility index (Phi) is 4.05. The molecule has 10 heteroatoms. The number of para-hydroxylation sites is 2. The highest BCUT2D eigenvalue weighted by Gasteiger charge is 3.02. The lowest BCUT2D eigenvalue weighted by Crippen LogP contribution is -2.90. The van der Waals surface area contributed by atoms with E-state index in [4.69, 9.17) is 32.7 Å².